The summed E-state index contributed by atoms with van der Waals surface area (Å²) < 4.78 is 35.1. The molecule has 3 heterocycles. The molecule has 5 rings (SSSR count). The Bertz CT molecular complexity index is 1510. The summed E-state index contributed by atoms with van der Waals surface area (Å²) in [6.07, 6.45) is 2.24. The van der Waals surface area contributed by atoms with Crippen LogP contribution in [0.5, 0.6) is 5.75 Å². The summed E-state index contributed by atoms with van der Waals surface area (Å²) in [4.78, 5) is 33.3. The van der Waals surface area contributed by atoms with E-state index in [9.17, 15) is 18.0 Å². The van der Waals surface area contributed by atoms with Crippen molar-refractivity contribution in [1.29, 1.82) is 0 Å². The van der Waals surface area contributed by atoms with Gasteiger partial charge in [0.25, 0.3) is 0 Å². The Morgan fingerprint density at radius 1 is 1.21 bits per heavy atom. The minimum Gasteiger partial charge on any atom is -0.496 e. The van der Waals surface area contributed by atoms with Gasteiger partial charge in [-0.25, -0.2) is 18.1 Å². The lowest BCUT2D eigenvalue weighted by Gasteiger charge is -2.25. The number of hydrogen-bond donors (Lipinski definition) is 1. The summed E-state index contributed by atoms with van der Waals surface area (Å²) >= 11 is 7.25. The maximum absolute atomic E-state index is 13.4. The van der Waals surface area contributed by atoms with Gasteiger partial charge in [-0.05, 0) is 36.2 Å². The van der Waals surface area contributed by atoms with Gasteiger partial charge < -0.3 is 14.5 Å². The fourth-order valence-electron chi connectivity index (χ4n) is 5.23. The number of carbonyl (C=O) groups excluding carboxylic acids is 2. The summed E-state index contributed by atoms with van der Waals surface area (Å²) in [5.74, 6) is 0.391. The van der Waals surface area contributed by atoms with Gasteiger partial charge in [0.1, 0.15) is 15.1 Å². The highest BCUT2D eigenvalue weighted by Crippen LogP contribution is 2.47. The Morgan fingerprint density at radius 2 is 2.00 bits per heavy atom. The molecule has 2 aliphatic heterocycles. The molecule has 1 aromatic heterocycles. The predicted molar refractivity (Wildman–Crippen MR) is 145 cm³/mol. The first kappa shape index (κ1) is 26.6. The molecule has 1 N–H and O–H groups in total. The highest BCUT2D eigenvalue weighted by molar-refractivity contribution is 7.89. The molecule has 9 nitrogen and oxygen atoms in total. The lowest BCUT2D eigenvalue weighted by Crippen LogP contribution is -2.40. The minimum absolute atomic E-state index is 0.0483. The Hall–Kier alpha value is -2.99. The number of nitrogens with zero attached hydrogens (tertiary/aromatic N) is 3. The van der Waals surface area contributed by atoms with Gasteiger partial charge in [-0.2, -0.15) is 0 Å². The van der Waals surface area contributed by atoms with Crippen LogP contribution in [0.1, 0.15) is 29.5 Å². The number of likely N-dealkylation sites (tertiary alicyclic amines) is 1. The van der Waals surface area contributed by atoms with Gasteiger partial charge in [0, 0.05) is 49.8 Å². The number of halogens is 1. The zero-order valence-electron chi connectivity index (χ0n) is 20.9. The van der Waals surface area contributed by atoms with Crippen molar-refractivity contribution in [2.75, 3.05) is 31.6 Å². The van der Waals surface area contributed by atoms with Crippen molar-refractivity contribution in [3.8, 4) is 5.75 Å². The molecular weight excluding hydrogens is 548 g/mol. The average Bonchev–Trinajstić information content (AvgIpc) is 3.61. The van der Waals surface area contributed by atoms with Crippen LogP contribution in [-0.4, -0.2) is 56.9 Å². The fraction of sp³-hybridized carbons (Fsp3) is 0.346. The van der Waals surface area contributed by atoms with E-state index < -0.39 is 15.4 Å². The monoisotopic (exact) mass is 574 g/mol. The molecule has 38 heavy (non-hydrogen) atoms. The van der Waals surface area contributed by atoms with E-state index in [2.05, 4.69) is 9.71 Å². The van der Waals surface area contributed by atoms with Gasteiger partial charge in [0.2, 0.25) is 21.8 Å². The van der Waals surface area contributed by atoms with Crippen LogP contribution in [0.4, 0.5) is 5.69 Å². The van der Waals surface area contributed by atoms with Crippen molar-refractivity contribution in [2.45, 2.75) is 36.6 Å². The fourth-order valence-corrected chi connectivity index (χ4v) is 7.21. The SMILES string of the molecule is COc1ccccc1CNS(=O)(=O)c1ccc2c(c1)C1(CCN(C(C)=O)C1)CN2C(=O)Cc1ncc(Cl)s1. The number of carbonyl (C=O) groups is 2. The van der Waals surface area contributed by atoms with Crippen molar-refractivity contribution in [3.05, 3.63) is 69.1 Å². The lowest BCUT2D eigenvalue weighted by molar-refractivity contribution is -0.127. The number of amides is 2. The highest BCUT2D eigenvalue weighted by atomic mass is 35.5. The Morgan fingerprint density at radius 3 is 2.68 bits per heavy atom. The summed E-state index contributed by atoms with van der Waals surface area (Å²) in [7, 11) is -2.34. The van der Waals surface area contributed by atoms with Gasteiger partial charge in [-0.3, -0.25) is 9.59 Å². The molecular formula is C26H27ClN4O5S2. The molecule has 200 valence electrons. The molecule has 12 heteroatoms. The lowest BCUT2D eigenvalue weighted by atomic mass is 9.81. The third kappa shape index (κ3) is 5.03. The Kier molecular flexibility index (Phi) is 7.21. The molecule has 1 atom stereocenters. The van der Waals surface area contributed by atoms with Gasteiger partial charge in [-0.15, -0.1) is 11.3 Å². The van der Waals surface area contributed by atoms with Gasteiger partial charge in [0.05, 0.1) is 24.6 Å². The summed E-state index contributed by atoms with van der Waals surface area (Å²) in [6.45, 7) is 2.91. The normalized spacial score (nSPS) is 18.7. The molecule has 3 aromatic rings. The number of thiazole rings is 1. The van der Waals surface area contributed by atoms with Crippen molar-refractivity contribution < 1.29 is 22.7 Å². The van der Waals surface area contributed by atoms with Crippen LogP contribution in [0, 0.1) is 0 Å². The highest BCUT2D eigenvalue weighted by Gasteiger charge is 2.49. The third-order valence-electron chi connectivity index (χ3n) is 7.17. The van der Waals surface area contributed by atoms with E-state index in [0.29, 0.717) is 52.4 Å². The van der Waals surface area contributed by atoms with Gasteiger partial charge >= 0.3 is 0 Å². The van der Waals surface area contributed by atoms with E-state index in [1.807, 2.05) is 12.1 Å². The van der Waals surface area contributed by atoms with Gasteiger partial charge in [-0.1, -0.05) is 29.8 Å². The number of sulfonamides is 1. The zero-order valence-corrected chi connectivity index (χ0v) is 23.3. The van der Waals surface area contributed by atoms with Crippen LogP contribution >= 0.6 is 22.9 Å². The van der Waals surface area contributed by atoms with Crippen molar-refractivity contribution in [2.24, 2.45) is 0 Å². The summed E-state index contributed by atoms with van der Waals surface area (Å²) in [5, 5.41) is 0.610. The largest absolute Gasteiger partial charge is 0.496 e. The molecule has 1 saturated heterocycles. The molecule has 1 unspecified atom stereocenters. The zero-order chi connectivity index (χ0) is 27.1. The first-order chi connectivity index (χ1) is 18.1. The minimum atomic E-state index is -3.88. The molecule has 2 amide bonds. The van der Waals surface area contributed by atoms with E-state index in [4.69, 9.17) is 16.3 Å². The van der Waals surface area contributed by atoms with Crippen LogP contribution < -0.4 is 14.4 Å². The quantitative estimate of drug-likeness (QED) is 0.463. The second-order valence-electron chi connectivity index (χ2n) is 9.50. The van der Waals surface area contributed by atoms with Crippen LogP contribution in [0.2, 0.25) is 4.34 Å². The standard InChI is InChI=1S/C26H27ClN4O5S2/c1-17(32)30-10-9-26(15-30)16-31(25(33)12-24-28-14-23(27)37-24)21-8-7-19(11-20(21)26)38(34,35)29-13-18-5-3-4-6-22(18)36-2/h3-8,11,14,29H,9-10,12-13,15-16H2,1-2H3. The molecule has 0 radical (unpaired) electrons. The second kappa shape index (κ2) is 10.3. The smallest absolute Gasteiger partial charge is 0.240 e. The third-order valence-corrected chi connectivity index (χ3v) is 9.69. The number of methoxy groups -OCH3 is 1. The predicted octanol–water partition coefficient (Wildman–Crippen LogP) is 3.36. The first-order valence-electron chi connectivity index (χ1n) is 12.0. The van der Waals surface area contributed by atoms with Crippen molar-refractivity contribution >= 4 is 50.5 Å². The van der Waals surface area contributed by atoms with Crippen LogP contribution in [0.15, 0.2) is 53.6 Å². The summed E-state index contributed by atoms with van der Waals surface area (Å²) in [5.41, 5.74) is 1.58. The second-order valence-corrected chi connectivity index (χ2v) is 13.0. The molecule has 1 spiro atoms. The van der Waals surface area contributed by atoms with Crippen molar-refractivity contribution in [1.82, 2.24) is 14.6 Å². The van der Waals surface area contributed by atoms with E-state index in [1.54, 1.807) is 34.1 Å². The number of hydrogen-bond acceptors (Lipinski definition) is 7. The molecule has 0 bridgehead atoms. The van der Waals surface area contributed by atoms with Gasteiger partial charge in [0.15, 0.2) is 0 Å². The number of aromatic nitrogens is 1. The topological polar surface area (TPSA) is 109 Å². The number of fused-ring (bicyclic) bond motifs is 2. The van der Waals surface area contributed by atoms with E-state index >= 15 is 0 Å². The number of para-hydroxylation sites is 1. The molecule has 1 fully saturated rings. The number of anilines is 1. The molecule has 2 aliphatic rings. The van der Waals surface area contributed by atoms with Crippen LogP contribution in [0.3, 0.4) is 0 Å². The maximum Gasteiger partial charge on any atom is 0.240 e. The Labute approximate surface area is 230 Å². The van der Waals surface area contributed by atoms with Crippen molar-refractivity contribution in [3.63, 3.8) is 0 Å². The van der Waals surface area contributed by atoms with Crippen LogP contribution in [-0.2, 0) is 38.0 Å². The maximum atomic E-state index is 13.4. The van der Waals surface area contributed by atoms with E-state index in [0.717, 1.165) is 5.56 Å². The number of rotatable bonds is 7. The van der Waals surface area contributed by atoms with E-state index in [1.165, 1.54) is 37.6 Å². The van der Waals surface area contributed by atoms with Crippen LogP contribution in [0.25, 0.3) is 0 Å². The first-order valence-corrected chi connectivity index (χ1v) is 14.7. The number of nitrogens with one attached hydrogen (secondary N) is 1. The summed E-state index contributed by atoms with van der Waals surface area (Å²) in [6, 6.07) is 12.1. The molecule has 2 aromatic carbocycles. The molecule has 0 saturated carbocycles. The average molecular weight is 575 g/mol. The Balaban J connectivity index is 1.46. The number of benzene rings is 2. The number of ether oxygens (including phenoxy) is 1. The molecule has 0 aliphatic carbocycles. The van der Waals surface area contributed by atoms with E-state index in [-0.39, 0.29) is 29.7 Å².